The minimum Gasteiger partial charge on any atom is -0.508 e. The Hall–Kier alpha value is -2.95. The number of hydrogen-bond acceptors (Lipinski definition) is 5. The van der Waals surface area contributed by atoms with Crippen LogP contribution in [0, 0.1) is 0 Å². The molecule has 0 aromatic heterocycles. The van der Waals surface area contributed by atoms with Gasteiger partial charge in [0.25, 0.3) is 0 Å². The minimum atomic E-state index is -0.214. The summed E-state index contributed by atoms with van der Waals surface area (Å²) >= 11 is 0. The second-order valence-corrected chi connectivity index (χ2v) is 4.96. The number of phenols is 1. The Kier molecular flexibility index (Phi) is 3.93. The maximum Gasteiger partial charge on any atom is 0.231 e. The van der Waals surface area contributed by atoms with Gasteiger partial charge in [-0.2, -0.15) is 0 Å². The van der Waals surface area contributed by atoms with Crippen molar-refractivity contribution in [1.82, 2.24) is 0 Å². The molecular weight excluding hydrogens is 296 g/mol. The number of benzene rings is 2. The average Bonchev–Trinajstić information content (AvgIpc) is 2.83. The maximum absolute atomic E-state index is 12.3. The van der Waals surface area contributed by atoms with Crippen molar-refractivity contribution in [3.63, 3.8) is 0 Å². The highest BCUT2D eigenvalue weighted by atomic mass is 16.5. The summed E-state index contributed by atoms with van der Waals surface area (Å²) in [6, 6.07) is 9.80. The fraction of sp³-hybridized carbons (Fsp3) is 0.167. The van der Waals surface area contributed by atoms with E-state index in [1.807, 2.05) is 13.0 Å². The van der Waals surface area contributed by atoms with E-state index in [9.17, 15) is 9.90 Å². The van der Waals surface area contributed by atoms with E-state index in [2.05, 4.69) is 0 Å². The fourth-order valence-corrected chi connectivity index (χ4v) is 2.38. The van der Waals surface area contributed by atoms with Gasteiger partial charge in [0.05, 0.1) is 19.3 Å². The summed E-state index contributed by atoms with van der Waals surface area (Å²) in [6.07, 6.45) is 1.64. The topological polar surface area (TPSA) is 65.0 Å². The predicted octanol–water partition coefficient (Wildman–Crippen LogP) is 3.42. The number of ether oxygens (including phenoxy) is 3. The minimum absolute atomic E-state index is 0.0564. The summed E-state index contributed by atoms with van der Waals surface area (Å²) in [4.78, 5) is 12.3. The van der Waals surface area contributed by atoms with Gasteiger partial charge in [0, 0.05) is 6.07 Å². The number of hydrogen-bond donors (Lipinski definition) is 1. The van der Waals surface area contributed by atoms with Gasteiger partial charge >= 0.3 is 0 Å². The molecule has 1 aliphatic heterocycles. The number of carbonyl (C=O) groups is 1. The molecule has 0 saturated heterocycles. The summed E-state index contributed by atoms with van der Waals surface area (Å²) < 4.78 is 16.3. The maximum atomic E-state index is 12.3. The van der Waals surface area contributed by atoms with Crippen LogP contribution in [0.3, 0.4) is 0 Å². The van der Waals surface area contributed by atoms with E-state index in [1.54, 1.807) is 31.4 Å². The number of methoxy groups -OCH3 is 1. The molecule has 23 heavy (non-hydrogen) atoms. The van der Waals surface area contributed by atoms with Crippen LogP contribution in [0.1, 0.15) is 22.8 Å². The van der Waals surface area contributed by atoms with Gasteiger partial charge in [-0.15, -0.1) is 0 Å². The molecule has 2 aromatic rings. The molecule has 5 nitrogen and oxygen atoms in total. The molecule has 1 aliphatic rings. The summed E-state index contributed by atoms with van der Waals surface area (Å²) in [5.74, 6) is 1.64. The first-order valence-corrected chi connectivity index (χ1v) is 7.20. The van der Waals surface area contributed by atoms with E-state index < -0.39 is 0 Å². The molecule has 0 unspecified atom stereocenters. The molecule has 0 spiro atoms. The first kappa shape index (κ1) is 15.0. The first-order chi connectivity index (χ1) is 11.1. The highest BCUT2D eigenvalue weighted by Crippen LogP contribution is 2.35. The van der Waals surface area contributed by atoms with Crippen molar-refractivity contribution in [3.05, 3.63) is 53.3 Å². The van der Waals surface area contributed by atoms with Crippen molar-refractivity contribution in [2.45, 2.75) is 6.92 Å². The molecule has 5 heteroatoms. The standard InChI is InChI=1S/C18H16O5/c1-3-22-16-8-11(4-7-14(16)21-2)9-17-18(20)13-6-5-12(19)10-15(13)23-17/h4-10,19H,3H2,1-2H3/b17-9-. The summed E-state index contributed by atoms with van der Waals surface area (Å²) in [6.45, 7) is 2.40. The lowest BCUT2D eigenvalue weighted by Gasteiger charge is -2.09. The van der Waals surface area contributed by atoms with E-state index in [0.717, 1.165) is 5.56 Å². The molecule has 2 aromatic carbocycles. The number of ketones is 1. The van der Waals surface area contributed by atoms with Crippen LogP contribution in [-0.4, -0.2) is 24.6 Å². The monoisotopic (exact) mass is 312 g/mol. The van der Waals surface area contributed by atoms with Gasteiger partial charge in [0.15, 0.2) is 17.3 Å². The van der Waals surface area contributed by atoms with Crippen LogP contribution < -0.4 is 14.2 Å². The number of carbonyl (C=O) groups excluding carboxylic acids is 1. The van der Waals surface area contributed by atoms with Gasteiger partial charge in [-0.1, -0.05) is 6.07 Å². The number of aromatic hydroxyl groups is 1. The van der Waals surface area contributed by atoms with Crippen LogP contribution in [0.25, 0.3) is 6.08 Å². The van der Waals surface area contributed by atoms with E-state index in [0.29, 0.717) is 29.4 Å². The molecule has 1 N–H and O–H groups in total. The third-order valence-corrected chi connectivity index (χ3v) is 3.44. The number of rotatable bonds is 4. The van der Waals surface area contributed by atoms with Gasteiger partial charge in [-0.05, 0) is 42.8 Å². The smallest absolute Gasteiger partial charge is 0.231 e. The molecule has 0 fully saturated rings. The van der Waals surface area contributed by atoms with Crippen molar-refractivity contribution in [2.24, 2.45) is 0 Å². The van der Waals surface area contributed by atoms with Gasteiger partial charge in [-0.25, -0.2) is 0 Å². The second kappa shape index (κ2) is 6.04. The third kappa shape index (κ3) is 2.85. The Morgan fingerprint density at radius 2 is 2.00 bits per heavy atom. The summed E-state index contributed by atoms with van der Waals surface area (Å²) in [7, 11) is 1.57. The molecule has 118 valence electrons. The zero-order chi connectivity index (χ0) is 16.4. The lowest BCUT2D eigenvalue weighted by Crippen LogP contribution is -1.99. The molecular formula is C18H16O5. The van der Waals surface area contributed by atoms with Crippen molar-refractivity contribution in [2.75, 3.05) is 13.7 Å². The van der Waals surface area contributed by atoms with E-state index in [4.69, 9.17) is 14.2 Å². The largest absolute Gasteiger partial charge is 0.508 e. The van der Waals surface area contributed by atoms with Crippen LogP contribution in [0.2, 0.25) is 0 Å². The van der Waals surface area contributed by atoms with Crippen LogP contribution in [0.5, 0.6) is 23.0 Å². The SMILES string of the molecule is CCOc1cc(/C=C2\Oc3cc(O)ccc3C2=O)ccc1OC. The van der Waals surface area contributed by atoms with Gasteiger partial charge in [0.2, 0.25) is 5.78 Å². The van der Waals surface area contributed by atoms with Crippen LogP contribution in [0.15, 0.2) is 42.2 Å². The van der Waals surface area contributed by atoms with E-state index >= 15 is 0 Å². The van der Waals surface area contributed by atoms with Crippen LogP contribution >= 0.6 is 0 Å². The van der Waals surface area contributed by atoms with E-state index in [-0.39, 0.29) is 17.3 Å². The number of fused-ring (bicyclic) bond motifs is 1. The molecule has 0 amide bonds. The van der Waals surface area contributed by atoms with E-state index in [1.165, 1.54) is 12.1 Å². The first-order valence-electron chi connectivity index (χ1n) is 7.20. The number of Topliss-reactive ketones (excluding diaryl/α,β-unsaturated/α-hetero) is 1. The Morgan fingerprint density at radius 1 is 1.17 bits per heavy atom. The molecule has 0 saturated carbocycles. The molecule has 0 radical (unpaired) electrons. The Labute approximate surface area is 133 Å². The second-order valence-electron chi connectivity index (χ2n) is 4.96. The lowest BCUT2D eigenvalue weighted by atomic mass is 10.1. The van der Waals surface area contributed by atoms with Gasteiger partial charge < -0.3 is 19.3 Å². The van der Waals surface area contributed by atoms with Crippen molar-refractivity contribution in [3.8, 4) is 23.0 Å². The van der Waals surface area contributed by atoms with Gasteiger partial charge in [-0.3, -0.25) is 4.79 Å². The summed E-state index contributed by atoms with van der Waals surface area (Å²) in [5, 5.41) is 9.47. The van der Waals surface area contributed by atoms with Crippen LogP contribution in [-0.2, 0) is 0 Å². The average molecular weight is 312 g/mol. The predicted molar refractivity (Wildman–Crippen MR) is 85.2 cm³/mol. The molecule has 0 aliphatic carbocycles. The number of allylic oxidation sites excluding steroid dienone is 1. The summed E-state index contributed by atoms with van der Waals surface area (Å²) in [5.41, 5.74) is 1.20. The quantitative estimate of drug-likeness (QED) is 0.876. The highest BCUT2D eigenvalue weighted by Gasteiger charge is 2.27. The van der Waals surface area contributed by atoms with Gasteiger partial charge in [0.1, 0.15) is 11.5 Å². The Bertz CT molecular complexity index is 792. The molecule has 1 heterocycles. The number of phenolic OH excluding ortho intramolecular Hbond substituents is 1. The third-order valence-electron chi connectivity index (χ3n) is 3.44. The zero-order valence-corrected chi connectivity index (χ0v) is 12.8. The van der Waals surface area contributed by atoms with Crippen LogP contribution in [0.4, 0.5) is 0 Å². The Morgan fingerprint density at radius 3 is 2.74 bits per heavy atom. The molecule has 3 rings (SSSR count). The van der Waals surface area contributed by atoms with Crippen molar-refractivity contribution >= 4 is 11.9 Å². The highest BCUT2D eigenvalue weighted by molar-refractivity contribution is 6.14. The molecule has 0 atom stereocenters. The Balaban J connectivity index is 1.94. The zero-order valence-electron chi connectivity index (χ0n) is 12.8. The molecule has 0 bridgehead atoms. The normalized spacial score (nSPS) is 14.5. The van der Waals surface area contributed by atoms with Crippen molar-refractivity contribution < 1.29 is 24.1 Å². The van der Waals surface area contributed by atoms with Crippen molar-refractivity contribution in [1.29, 1.82) is 0 Å². The lowest BCUT2D eigenvalue weighted by molar-refractivity contribution is 0.101. The fourth-order valence-electron chi connectivity index (χ4n) is 2.38.